The van der Waals surface area contributed by atoms with E-state index in [0.29, 0.717) is 35.7 Å². The predicted molar refractivity (Wildman–Crippen MR) is 113 cm³/mol. The summed E-state index contributed by atoms with van der Waals surface area (Å²) in [5.74, 6) is 0.751. The molecule has 3 aromatic rings. The molecule has 9 heteroatoms. The van der Waals surface area contributed by atoms with Crippen LogP contribution in [-0.2, 0) is 9.47 Å². The zero-order chi connectivity index (χ0) is 20.6. The van der Waals surface area contributed by atoms with E-state index in [1.54, 1.807) is 12.1 Å². The van der Waals surface area contributed by atoms with E-state index in [4.69, 9.17) is 15.5 Å². The molecule has 3 rings (SSSR count). The minimum absolute atomic E-state index is 0.183. The minimum Gasteiger partial charge on any atom is -0.453 e. The van der Waals surface area contributed by atoms with Gasteiger partial charge in [0.15, 0.2) is 5.82 Å². The van der Waals surface area contributed by atoms with Crippen molar-refractivity contribution in [2.24, 2.45) is 0 Å². The fourth-order valence-electron chi connectivity index (χ4n) is 2.70. The number of hydrogen-bond donors (Lipinski definition) is 3. The van der Waals surface area contributed by atoms with Crippen LogP contribution >= 0.6 is 0 Å². The largest absolute Gasteiger partial charge is 0.453 e. The van der Waals surface area contributed by atoms with E-state index in [-0.39, 0.29) is 5.95 Å². The molecule has 0 spiro atoms. The zero-order valence-electron chi connectivity index (χ0n) is 16.4. The van der Waals surface area contributed by atoms with Crippen LogP contribution in [0.2, 0.25) is 0 Å². The van der Waals surface area contributed by atoms with Crippen molar-refractivity contribution in [1.29, 1.82) is 0 Å². The van der Waals surface area contributed by atoms with E-state index in [1.165, 1.54) is 7.11 Å². The van der Waals surface area contributed by atoms with Gasteiger partial charge < -0.3 is 20.5 Å². The molecule has 0 aliphatic heterocycles. The SMILES string of the molecule is CCCOCCNc1nc(N)nc2ccc(-c3ccc(NC(=O)OC)cc3)nc12. The molecule has 0 saturated carbocycles. The second-order valence-electron chi connectivity index (χ2n) is 6.23. The van der Waals surface area contributed by atoms with Gasteiger partial charge in [-0.1, -0.05) is 19.1 Å². The highest BCUT2D eigenvalue weighted by Gasteiger charge is 2.10. The lowest BCUT2D eigenvalue weighted by atomic mass is 10.1. The number of methoxy groups -OCH3 is 1. The number of nitrogen functional groups attached to an aromatic ring is 1. The average Bonchev–Trinajstić information content (AvgIpc) is 2.73. The summed E-state index contributed by atoms with van der Waals surface area (Å²) in [6, 6.07) is 11.0. The number of carbonyl (C=O) groups is 1. The van der Waals surface area contributed by atoms with Gasteiger partial charge in [0.05, 0.1) is 24.9 Å². The van der Waals surface area contributed by atoms with Crippen molar-refractivity contribution in [2.75, 3.05) is 43.2 Å². The van der Waals surface area contributed by atoms with E-state index in [0.717, 1.165) is 24.3 Å². The number of carbonyl (C=O) groups excluding carboxylic acids is 1. The Labute approximate surface area is 168 Å². The lowest BCUT2D eigenvalue weighted by molar-refractivity contribution is 0.144. The Morgan fingerprint density at radius 2 is 1.86 bits per heavy atom. The number of pyridine rings is 1. The second-order valence-corrected chi connectivity index (χ2v) is 6.23. The number of hydrogen-bond acceptors (Lipinski definition) is 8. The number of nitrogens with one attached hydrogen (secondary N) is 2. The zero-order valence-corrected chi connectivity index (χ0v) is 16.4. The Balaban J connectivity index is 1.83. The molecule has 0 fully saturated rings. The van der Waals surface area contributed by atoms with E-state index >= 15 is 0 Å². The fourth-order valence-corrected chi connectivity index (χ4v) is 2.70. The third kappa shape index (κ3) is 5.29. The summed E-state index contributed by atoms with van der Waals surface area (Å²) in [4.78, 5) is 24.6. The van der Waals surface area contributed by atoms with Crippen molar-refractivity contribution in [3.05, 3.63) is 36.4 Å². The van der Waals surface area contributed by atoms with E-state index in [2.05, 4.69) is 32.3 Å². The van der Waals surface area contributed by atoms with Crippen LogP contribution in [0.3, 0.4) is 0 Å². The number of amides is 1. The maximum atomic E-state index is 11.3. The molecular weight excluding hydrogens is 372 g/mol. The Hall–Kier alpha value is -3.46. The lowest BCUT2D eigenvalue weighted by Crippen LogP contribution is -2.12. The van der Waals surface area contributed by atoms with Crippen molar-refractivity contribution in [1.82, 2.24) is 15.0 Å². The topological polar surface area (TPSA) is 124 Å². The van der Waals surface area contributed by atoms with Crippen molar-refractivity contribution in [2.45, 2.75) is 13.3 Å². The standard InChI is InChI=1S/C20H24N6O3/c1-3-11-29-12-10-22-18-17-16(25-19(21)26-18)9-8-15(24-17)13-4-6-14(7-5-13)23-20(27)28-2/h4-9H,3,10-12H2,1-2H3,(H,23,27)(H3,21,22,25,26). The van der Waals surface area contributed by atoms with E-state index in [9.17, 15) is 4.79 Å². The summed E-state index contributed by atoms with van der Waals surface area (Å²) < 4.78 is 10.1. The molecule has 0 radical (unpaired) electrons. The molecule has 2 heterocycles. The summed E-state index contributed by atoms with van der Waals surface area (Å²) in [6.07, 6.45) is 0.456. The minimum atomic E-state index is -0.519. The summed E-state index contributed by atoms with van der Waals surface area (Å²) in [6.45, 7) is 3.94. The number of nitrogens with two attached hydrogens (primary N) is 1. The molecule has 0 atom stereocenters. The van der Waals surface area contributed by atoms with Crippen LogP contribution in [0.5, 0.6) is 0 Å². The maximum Gasteiger partial charge on any atom is 0.411 e. The summed E-state index contributed by atoms with van der Waals surface area (Å²) in [5, 5.41) is 5.84. The monoisotopic (exact) mass is 396 g/mol. The van der Waals surface area contributed by atoms with Gasteiger partial charge in [-0.2, -0.15) is 4.98 Å². The summed E-state index contributed by atoms with van der Waals surface area (Å²) in [5.41, 5.74) is 9.38. The lowest BCUT2D eigenvalue weighted by Gasteiger charge is -2.11. The van der Waals surface area contributed by atoms with Crippen molar-refractivity contribution < 1.29 is 14.3 Å². The van der Waals surface area contributed by atoms with Gasteiger partial charge in [0, 0.05) is 24.4 Å². The highest BCUT2D eigenvalue weighted by atomic mass is 16.5. The van der Waals surface area contributed by atoms with Gasteiger partial charge in [0.25, 0.3) is 0 Å². The van der Waals surface area contributed by atoms with Crippen LogP contribution in [0.15, 0.2) is 36.4 Å². The Morgan fingerprint density at radius 3 is 2.59 bits per heavy atom. The molecule has 0 aliphatic rings. The summed E-state index contributed by atoms with van der Waals surface area (Å²) in [7, 11) is 1.32. The summed E-state index contributed by atoms with van der Waals surface area (Å²) >= 11 is 0. The van der Waals surface area contributed by atoms with Crippen LogP contribution in [-0.4, -0.2) is 47.9 Å². The molecule has 0 aliphatic carbocycles. The van der Waals surface area contributed by atoms with Crippen molar-refractivity contribution in [3.63, 3.8) is 0 Å². The highest BCUT2D eigenvalue weighted by Crippen LogP contribution is 2.25. The van der Waals surface area contributed by atoms with E-state index in [1.807, 2.05) is 24.3 Å². The van der Waals surface area contributed by atoms with Gasteiger partial charge in [-0.25, -0.2) is 14.8 Å². The van der Waals surface area contributed by atoms with Crippen LogP contribution in [0.1, 0.15) is 13.3 Å². The van der Waals surface area contributed by atoms with Gasteiger partial charge in [0.1, 0.15) is 5.52 Å². The number of aromatic nitrogens is 3. The molecule has 4 N–H and O–H groups in total. The van der Waals surface area contributed by atoms with Gasteiger partial charge in [-0.3, -0.25) is 5.32 Å². The highest BCUT2D eigenvalue weighted by molar-refractivity contribution is 5.88. The van der Waals surface area contributed by atoms with Crippen LogP contribution in [0.25, 0.3) is 22.3 Å². The van der Waals surface area contributed by atoms with Gasteiger partial charge >= 0.3 is 6.09 Å². The molecule has 29 heavy (non-hydrogen) atoms. The quantitative estimate of drug-likeness (QED) is 0.496. The molecular formula is C20H24N6O3. The third-order valence-corrected chi connectivity index (χ3v) is 4.06. The third-order valence-electron chi connectivity index (χ3n) is 4.06. The first-order valence-electron chi connectivity index (χ1n) is 9.32. The maximum absolute atomic E-state index is 11.3. The Morgan fingerprint density at radius 1 is 1.07 bits per heavy atom. The van der Waals surface area contributed by atoms with Crippen molar-refractivity contribution in [3.8, 4) is 11.3 Å². The first-order chi connectivity index (χ1) is 14.1. The number of anilines is 3. The molecule has 0 bridgehead atoms. The van der Waals surface area contributed by atoms with Gasteiger partial charge in [-0.05, 0) is 30.7 Å². The van der Waals surface area contributed by atoms with Crippen molar-refractivity contribution >= 4 is 34.6 Å². The second kappa shape index (κ2) is 9.65. The number of rotatable bonds is 8. The molecule has 0 saturated heterocycles. The molecule has 152 valence electrons. The number of nitrogens with zero attached hydrogens (tertiary/aromatic N) is 3. The predicted octanol–water partition coefficient (Wildman–Crippen LogP) is 3.29. The molecule has 9 nitrogen and oxygen atoms in total. The Bertz CT molecular complexity index is 978. The fraction of sp³-hybridized carbons (Fsp3) is 0.300. The van der Waals surface area contributed by atoms with Crippen LogP contribution in [0.4, 0.5) is 22.2 Å². The molecule has 1 aromatic carbocycles. The average molecular weight is 396 g/mol. The van der Waals surface area contributed by atoms with Crippen LogP contribution in [0, 0.1) is 0 Å². The van der Waals surface area contributed by atoms with Gasteiger partial charge in [-0.15, -0.1) is 0 Å². The number of fused-ring (bicyclic) bond motifs is 1. The molecule has 2 aromatic heterocycles. The first-order valence-corrected chi connectivity index (χ1v) is 9.32. The number of benzene rings is 1. The molecule has 1 amide bonds. The smallest absolute Gasteiger partial charge is 0.411 e. The first kappa shape index (κ1) is 20.3. The number of ether oxygens (including phenoxy) is 2. The molecule has 0 unspecified atom stereocenters. The van der Waals surface area contributed by atoms with Gasteiger partial charge in [0.2, 0.25) is 5.95 Å². The van der Waals surface area contributed by atoms with Crippen LogP contribution < -0.4 is 16.4 Å². The normalized spacial score (nSPS) is 10.7. The Kier molecular flexibility index (Phi) is 6.75. The van der Waals surface area contributed by atoms with E-state index < -0.39 is 6.09 Å².